The molecule has 0 saturated carbocycles. The van der Waals surface area contributed by atoms with Gasteiger partial charge in [-0.1, -0.05) is 25.1 Å². The average Bonchev–Trinajstić information content (AvgIpc) is 3.38. The number of carbonyl (C=O) groups is 3. The Morgan fingerprint density at radius 2 is 1.72 bits per heavy atom. The Kier molecular flexibility index (Phi) is 11.8. The minimum Gasteiger partial charge on any atom is -0.458 e. The molecule has 1 aromatic heterocycles. The van der Waals surface area contributed by atoms with Gasteiger partial charge in [-0.15, -0.1) is 0 Å². The van der Waals surface area contributed by atoms with Gasteiger partial charge in [-0.3, -0.25) is 9.59 Å². The molecular formula is C31H49N5O6S. The third kappa shape index (κ3) is 9.02. The number of unbranched alkanes of at least 4 members (excludes halogenated alkanes) is 1. The van der Waals surface area contributed by atoms with Gasteiger partial charge in [0.25, 0.3) is 0 Å². The molecule has 0 bridgehead atoms. The number of rotatable bonds is 13. The van der Waals surface area contributed by atoms with Crippen LogP contribution in [0.1, 0.15) is 85.1 Å². The summed E-state index contributed by atoms with van der Waals surface area (Å²) >= 11 is 0. The summed E-state index contributed by atoms with van der Waals surface area (Å²) < 4.78 is 32.3. The zero-order chi connectivity index (χ0) is 31.9. The van der Waals surface area contributed by atoms with Crippen molar-refractivity contribution in [3.63, 3.8) is 0 Å². The van der Waals surface area contributed by atoms with Crippen molar-refractivity contribution in [2.45, 2.75) is 102 Å². The number of ether oxygens (including phenoxy) is 1. The van der Waals surface area contributed by atoms with E-state index in [1.165, 1.54) is 4.31 Å². The van der Waals surface area contributed by atoms with Gasteiger partial charge in [0.05, 0.1) is 5.25 Å². The number of hydrogen-bond donors (Lipinski definition) is 4. The minimum atomic E-state index is -3.41. The number of aromatic nitrogens is 1. The van der Waals surface area contributed by atoms with E-state index in [-0.39, 0.29) is 19.0 Å². The molecule has 5 N–H and O–H groups in total. The van der Waals surface area contributed by atoms with Crippen molar-refractivity contribution in [3.8, 4) is 0 Å². The number of piperidine rings is 1. The van der Waals surface area contributed by atoms with Crippen LogP contribution in [0, 0.1) is 5.92 Å². The SMILES string of the molecule is CC(C)S(=O)(=O)N1CCC(C(=O)N[C@H](C(=O)N[C@@H](CCCCN)C(=O)OC(C)(C)C)[C@@H](C)c2c[nH]c3ccccc23)CC1. The molecule has 0 unspecified atom stereocenters. The van der Waals surface area contributed by atoms with Crippen molar-refractivity contribution in [2.24, 2.45) is 11.7 Å². The molecule has 2 amide bonds. The second kappa shape index (κ2) is 14.7. The number of amides is 2. The standard InChI is InChI=1S/C31H49N5O6S/c1-20(2)43(40,41)36-17-14-22(15-18-36)28(37)35-27(21(3)24-19-33-25-12-8-7-11-23(24)25)29(38)34-26(13-9-10-16-32)30(39)42-31(4,5)6/h7-8,11-12,19-22,26-27,33H,9-10,13-18,32H2,1-6H3,(H,34,38)(H,35,37)/t21-,26-,27-/m0/s1. The molecule has 1 aliphatic heterocycles. The Morgan fingerprint density at radius 3 is 2.33 bits per heavy atom. The number of carbonyl (C=O) groups excluding carboxylic acids is 3. The minimum absolute atomic E-state index is 0.245. The van der Waals surface area contributed by atoms with E-state index < -0.39 is 56.7 Å². The highest BCUT2D eigenvalue weighted by Crippen LogP contribution is 2.29. The van der Waals surface area contributed by atoms with E-state index in [2.05, 4.69) is 15.6 Å². The molecule has 240 valence electrons. The zero-order valence-corrected chi connectivity index (χ0v) is 27.1. The van der Waals surface area contributed by atoms with Crippen LogP contribution in [0.3, 0.4) is 0 Å². The molecule has 1 saturated heterocycles. The van der Waals surface area contributed by atoms with E-state index in [0.29, 0.717) is 38.6 Å². The lowest BCUT2D eigenvalue weighted by atomic mass is 9.90. The fourth-order valence-electron chi connectivity index (χ4n) is 5.39. The molecule has 0 spiro atoms. The van der Waals surface area contributed by atoms with Gasteiger partial charge in [0, 0.05) is 42.0 Å². The summed E-state index contributed by atoms with van der Waals surface area (Å²) in [6.45, 7) is 11.4. The predicted octanol–water partition coefficient (Wildman–Crippen LogP) is 3.16. The summed E-state index contributed by atoms with van der Waals surface area (Å²) in [4.78, 5) is 43.9. The predicted molar refractivity (Wildman–Crippen MR) is 168 cm³/mol. The second-order valence-electron chi connectivity index (χ2n) is 12.7. The lowest BCUT2D eigenvalue weighted by Gasteiger charge is -2.33. The largest absolute Gasteiger partial charge is 0.458 e. The number of hydrogen-bond acceptors (Lipinski definition) is 7. The Balaban J connectivity index is 1.85. The molecule has 1 fully saturated rings. The summed E-state index contributed by atoms with van der Waals surface area (Å²) in [6.07, 6.45) is 4.20. The van der Waals surface area contributed by atoms with Gasteiger partial charge in [0.15, 0.2) is 0 Å². The number of benzene rings is 1. The van der Waals surface area contributed by atoms with Gasteiger partial charge in [-0.25, -0.2) is 17.5 Å². The lowest BCUT2D eigenvalue weighted by Crippen LogP contribution is -2.55. The van der Waals surface area contributed by atoms with Gasteiger partial charge >= 0.3 is 5.97 Å². The van der Waals surface area contributed by atoms with Gasteiger partial charge < -0.3 is 26.1 Å². The van der Waals surface area contributed by atoms with Crippen LogP contribution in [0.2, 0.25) is 0 Å². The first-order valence-corrected chi connectivity index (χ1v) is 16.7. The van der Waals surface area contributed by atoms with Gasteiger partial charge in [-0.05, 0) is 84.9 Å². The third-order valence-electron chi connectivity index (χ3n) is 7.93. The monoisotopic (exact) mass is 619 g/mol. The van der Waals surface area contributed by atoms with Crippen LogP contribution in [-0.2, 0) is 29.1 Å². The first kappa shape index (κ1) is 34.5. The van der Waals surface area contributed by atoms with E-state index in [1.807, 2.05) is 37.4 Å². The maximum Gasteiger partial charge on any atom is 0.329 e. The van der Waals surface area contributed by atoms with Crippen LogP contribution in [0.25, 0.3) is 10.9 Å². The molecule has 11 nitrogen and oxygen atoms in total. The highest BCUT2D eigenvalue weighted by Gasteiger charge is 2.37. The van der Waals surface area contributed by atoms with E-state index >= 15 is 0 Å². The molecule has 3 atom stereocenters. The topological polar surface area (TPSA) is 164 Å². The zero-order valence-electron chi connectivity index (χ0n) is 26.3. The number of fused-ring (bicyclic) bond motifs is 1. The van der Waals surface area contributed by atoms with Crippen molar-refractivity contribution < 1.29 is 27.5 Å². The molecule has 43 heavy (non-hydrogen) atoms. The highest BCUT2D eigenvalue weighted by molar-refractivity contribution is 7.89. The summed E-state index contributed by atoms with van der Waals surface area (Å²) in [7, 11) is -3.41. The van der Waals surface area contributed by atoms with Crippen molar-refractivity contribution in [1.82, 2.24) is 19.9 Å². The van der Waals surface area contributed by atoms with E-state index in [9.17, 15) is 22.8 Å². The third-order valence-corrected chi connectivity index (χ3v) is 10.2. The van der Waals surface area contributed by atoms with Crippen molar-refractivity contribution in [1.29, 1.82) is 0 Å². The molecule has 3 rings (SSSR count). The lowest BCUT2D eigenvalue weighted by molar-refractivity contribution is -0.159. The molecule has 1 aliphatic rings. The smallest absolute Gasteiger partial charge is 0.329 e. The van der Waals surface area contributed by atoms with Gasteiger partial charge in [-0.2, -0.15) is 0 Å². The number of nitrogens with two attached hydrogens (primary N) is 1. The van der Waals surface area contributed by atoms with E-state index in [1.54, 1.807) is 34.6 Å². The van der Waals surface area contributed by atoms with Gasteiger partial charge in [0.2, 0.25) is 21.8 Å². The first-order chi connectivity index (χ1) is 20.2. The quantitative estimate of drug-likeness (QED) is 0.198. The van der Waals surface area contributed by atoms with Crippen LogP contribution in [0.5, 0.6) is 0 Å². The molecule has 0 aliphatic carbocycles. The number of nitrogens with one attached hydrogen (secondary N) is 3. The summed E-state index contributed by atoms with van der Waals surface area (Å²) in [5, 5.41) is 6.24. The normalized spacial score (nSPS) is 17.4. The average molecular weight is 620 g/mol. The van der Waals surface area contributed by atoms with Crippen LogP contribution in [0.4, 0.5) is 0 Å². The summed E-state index contributed by atoms with van der Waals surface area (Å²) in [5.74, 6) is -2.25. The fraction of sp³-hybridized carbons (Fsp3) is 0.645. The molecule has 12 heteroatoms. The summed E-state index contributed by atoms with van der Waals surface area (Å²) in [6, 6.07) is 5.82. The number of H-pyrrole nitrogens is 1. The number of nitrogens with zero attached hydrogens (tertiary/aromatic N) is 1. The van der Waals surface area contributed by atoms with Crippen molar-refractivity contribution >= 4 is 38.7 Å². The number of aromatic amines is 1. The fourth-order valence-corrected chi connectivity index (χ4v) is 6.70. The maximum atomic E-state index is 13.9. The van der Waals surface area contributed by atoms with Crippen LogP contribution in [0.15, 0.2) is 30.5 Å². The van der Waals surface area contributed by atoms with E-state index in [0.717, 1.165) is 16.5 Å². The van der Waals surface area contributed by atoms with Crippen molar-refractivity contribution in [3.05, 3.63) is 36.0 Å². The Bertz CT molecular complexity index is 1360. The first-order valence-electron chi connectivity index (χ1n) is 15.2. The van der Waals surface area contributed by atoms with Crippen LogP contribution in [-0.4, -0.2) is 78.1 Å². The Labute approximate surface area is 255 Å². The van der Waals surface area contributed by atoms with Crippen LogP contribution < -0.4 is 16.4 Å². The Hall–Kier alpha value is -2.96. The molecular weight excluding hydrogens is 570 g/mol. The van der Waals surface area contributed by atoms with Crippen LogP contribution >= 0.6 is 0 Å². The number of sulfonamides is 1. The Morgan fingerprint density at radius 1 is 1.07 bits per heavy atom. The number of esters is 1. The molecule has 0 radical (unpaired) electrons. The molecule has 2 aromatic rings. The van der Waals surface area contributed by atoms with Crippen molar-refractivity contribution in [2.75, 3.05) is 19.6 Å². The number of para-hydroxylation sites is 1. The summed E-state index contributed by atoms with van der Waals surface area (Å²) in [5.41, 5.74) is 6.68. The maximum absolute atomic E-state index is 13.9. The molecule has 2 heterocycles. The molecule has 1 aromatic carbocycles. The van der Waals surface area contributed by atoms with E-state index in [4.69, 9.17) is 10.5 Å². The highest BCUT2D eigenvalue weighted by atomic mass is 32.2. The van der Waals surface area contributed by atoms with Gasteiger partial charge in [0.1, 0.15) is 17.7 Å². The second-order valence-corrected chi connectivity index (χ2v) is 15.2.